The van der Waals surface area contributed by atoms with Gasteiger partial charge >= 0.3 is 0 Å². The fourth-order valence-corrected chi connectivity index (χ4v) is 2.34. The quantitative estimate of drug-likeness (QED) is 0.660. The van der Waals surface area contributed by atoms with Crippen LogP contribution in [0.25, 0.3) is 11.1 Å². The maximum absolute atomic E-state index is 3.84. The molecule has 2 rings (SSSR count). The first-order chi connectivity index (χ1) is 8.24. The number of allylic oxidation sites excluding steroid dienone is 1. The molecular weight excluding hydrogens is 204 g/mol. The van der Waals surface area contributed by atoms with E-state index in [-0.39, 0.29) is 0 Å². The van der Waals surface area contributed by atoms with Crippen LogP contribution in [0.15, 0.2) is 55.1 Å². The van der Waals surface area contributed by atoms with Crippen LogP contribution < -0.4 is 0 Å². The molecule has 0 aliphatic carbocycles. The molecule has 0 unspecified atom stereocenters. The topological polar surface area (TPSA) is 0 Å². The van der Waals surface area contributed by atoms with Crippen molar-refractivity contribution < 1.29 is 0 Å². The van der Waals surface area contributed by atoms with Crippen LogP contribution in [0.3, 0.4) is 0 Å². The maximum atomic E-state index is 3.84. The van der Waals surface area contributed by atoms with Crippen molar-refractivity contribution >= 4 is 0 Å². The molecule has 0 atom stereocenters. The second-order valence-electron chi connectivity index (χ2n) is 4.42. The summed E-state index contributed by atoms with van der Waals surface area (Å²) in [7, 11) is 0. The molecule has 0 bridgehead atoms. The van der Waals surface area contributed by atoms with Crippen molar-refractivity contribution in [2.75, 3.05) is 0 Å². The Balaban J connectivity index is 2.64. The van der Waals surface area contributed by atoms with Gasteiger partial charge in [0.25, 0.3) is 0 Å². The molecule has 0 N–H and O–H groups in total. The van der Waals surface area contributed by atoms with Gasteiger partial charge in [-0.15, -0.1) is 6.58 Å². The van der Waals surface area contributed by atoms with Gasteiger partial charge in [0.15, 0.2) is 0 Å². The van der Waals surface area contributed by atoms with Crippen molar-refractivity contribution in [3.8, 4) is 11.1 Å². The van der Waals surface area contributed by atoms with Gasteiger partial charge in [-0.2, -0.15) is 0 Å². The molecule has 86 valence electrons. The average Bonchev–Trinajstić information content (AvgIpc) is 2.31. The highest BCUT2D eigenvalue weighted by Gasteiger charge is 2.08. The van der Waals surface area contributed by atoms with Crippen molar-refractivity contribution in [3.63, 3.8) is 0 Å². The zero-order valence-corrected chi connectivity index (χ0v) is 10.5. The zero-order chi connectivity index (χ0) is 12.3. The minimum Gasteiger partial charge on any atom is -0.103 e. The van der Waals surface area contributed by atoms with Crippen LogP contribution in [0.5, 0.6) is 0 Å². The first kappa shape index (κ1) is 11.7. The number of hydrogen-bond acceptors (Lipinski definition) is 0. The summed E-state index contributed by atoms with van der Waals surface area (Å²) in [6.07, 6.45) is 2.89. The van der Waals surface area contributed by atoms with E-state index in [0.29, 0.717) is 0 Å². The minimum atomic E-state index is 0.921. The molecule has 0 heteroatoms. The molecule has 0 radical (unpaired) electrons. The third-order valence-electron chi connectivity index (χ3n) is 3.13. The van der Waals surface area contributed by atoms with E-state index in [4.69, 9.17) is 0 Å². The highest BCUT2D eigenvalue weighted by atomic mass is 14.1. The molecule has 0 aliphatic rings. The SMILES string of the molecule is C=CCc1ccccc1-c1c(C)cccc1C. The molecule has 0 heterocycles. The molecule has 0 saturated carbocycles. The fourth-order valence-electron chi connectivity index (χ4n) is 2.34. The van der Waals surface area contributed by atoms with Crippen molar-refractivity contribution in [3.05, 3.63) is 71.8 Å². The Labute approximate surface area is 104 Å². The van der Waals surface area contributed by atoms with Crippen LogP contribution in [-0.4, -0.2) is 0 Å². The van der Waals surface area contributed by atoms with Crippen LogP contribution >= 0.6 is 0 Å². The number of hydrogen-bond donors (Lipinski definition) is 0. The van der Waals surface area contributed by atoms with Crippen LogP contribution in [-0.2, 0) is 6.42 Å². The molecular formula is C17H18. The number of benzene rings is 2. The molecule has 0 saturated heterocycles. The summed E-state index contributed by atoms with van der Waals surface area (Å²) in [5.41, 5.74) is 6.72. The first-order valence-corrected chi connectivity index (χ1v) is 5.99. The van der Waals surface area contributed by atoms with Gasteiger partial charge in [-0.25, -0.2) is 0 Å². The molecule has 2 aromatic rings. The van der Waals surface area contributed by atoms with E-state index >= 15 is 0 Å². The van der Waals surface area contributed by atoms with Crippen molar-refractivity contribution in [2.45, 2.75) is 20.3 Å². The van der Waals surface area contributed by atoms with Gasteiger partial charge in [0, 0.05) is 0 Å². The Bertz CT molecular complexity index is 515. The van der Waals surface area contributed by atoms with Gasteiger partial charge in [-0.3, -0.25) is 0 Å². The van der Waals surface area contributed by atoms with Gasteiger partial charge in [-0.05, 0) is 48.1 Å². The van der Waals surface area contributed by atoms with Crippen LogP contribution in [0.1, 0.15) is 16.7 Å². The van der Waals surface area contributed by atoms with Crippen molar-refractivity contribution in [1.82, 2.24) is 0 Å². The summed E-state index contributed by atoms with van der Waals surface area (Å²) in [4.78, 5) is 0. The molecule has 2 aromatic carbocycles. The third-order valence-corrected chi connectivity index (χ3v) is 3.13. The molecule has 17 heavy (non-hydrogen) atoms. The summed E-state index contributed by atoms with van der Waals surface area (Å²) in [5.74, 6) is 0. The Morgan fingerprint density at radius 2 is 1.59 bits per heavy atom. The van der Waals surface area contributed by atoms with Crippen LogP contribution in [0.2, 0.25) is 0 Å². The minimum absolute atomic E-state index is 0.921. The van der Waals surface area contributed by atoms with Gasteiger partial charge in [0.1, 0.15) is 0 Å². The van der Waals surface area contributed by atoms with E-state index in [1.165, 1.54) is 27.8 Å². The normalized spacial score (nSPS) is 10.2. The Morgan fingerprint density at radius 3 is 2.24 bits per heavy atom. The summed E-state index contributed by atoms with van der Waals surface area (Å²) >= 11 is 0. The summed E-state index contributed by atoms with van der Waals surface area (Å²) in [5, 5.41) is 0. The highest BCUT2D eigenvalue weighted by molar-refractivity contribution is 5.73. The fraction of sp³-hybridized carbons (Fsp3) is 0.176. The second-order valence-corrected chi connectivity index (χ2v) is 4.42. The zero-order valence-electron chi connectivity index (χ0n) is 10.5. The van der Waals surface area contributed by atoms with Crippen molar-refractivity contribution in [1.29, 1.82) is 0 Å². The summed E-state index contributed by atoms with van der Waals surface area (Å²) in [6, 6.07) is 15.0. The Hall–Kier alpha value is -1.82. The smallest absolute Gasteiger partial charge is 0.00940 e. The van der Waals surface area contributed by atoms with Gasteiger partial charge in [0.2, 0.25) is 0 Å². The lowest BCUT2D eigenvalue weighted by molar-refractivity contribution is 1.26. The lowest BCUT2D eigenvalue weighted by Gasteiger charge is -2.13. The van der Waals surface area contributed by atoms with Gasteiger partial charge in [0.05, 0.1) is 0 Å². The summed E-state index contributed by atoms with van der Waals surface area (Å²) in [6.45, 7) is 8.18. The second kappa shape index (κ2) is 5.01. The molecule has 0 spiro atoms. The van der Waals surface area contributed by atoms with Crippen LogP contribution in [0.4, 0.5) is 0 Å². The van der Waals surface area contributed by atoms with E-state index in [2.05, 4.69) is 62.9 Å². The predicted octanol–water partition coefficient (Wildman–Crippen LogP) is 4.70. The van der Waals surface area contributed by atoms with Gasteiger partial charge in [-0.1, -0.05) is 48.5 Å². The van der Waals surface area contributed by atoms with E-state index in [1.807, 2.05) is 6.08 Å². The van der Waals surface area contributed by atoms with E-state index in [1.54, 1.807) is 0 Å². The van der Waals surface area contributed by atoms with E-state index < -0.39 is 0 Å². The average molecular weight is 222 g/mol. The summed E-state index contributed by atoms with van der Waals surface area (Å²) < 4.78 is 0. The van der Waals surface area contributed by atoms with Gasteiger partial charge < -0.3 is 0 Å². The molecule has 0 nitrogen and oxygen atoms in total. The molecule has 0 aliphatic heterocycles. The third kappa shape index (κ3) is 2.31. The number of aryl methyl sites for hydroxylation is 2. The Morgan fingerprint density at radius 1 is 0.941 bits per heavy atom. The lowest BCUT2D eigenvalue weighted by atomic mass is 9.91. The largest absolute Gasteiger partial charge is 0.103 e. The van der Waals surface area contributed by atoms with Crippen LogP contribution in [0, 0.1) is 13.8 Å². The maximum Gasteiger partial charge on any atom is -0.00940 e. The predicted molar refractivity (Wildman–Crippen MR) is 75.3 cm³/mol. The van der Waals surface area contributed by atoms with Crippen molar-refractivity contribution in [2.24, 2.45) is 0 Å². The lowest BCUT2D eigenvalue weighted by Crippen LogP contribution is -1.92. The molecule has 0 amide bonds. The molecule has 0 aromatic heterocycles. The standard InChI is InChI=1S/C17H18/c1-4-8-15-11-5-6-12-16(15)17-13(2)9-7-10-14(17)3/h4-7,9-12H,1,8H2,2-3H3. The molecule has 0 fully saturated rings. The Kier molecular flexibility index (Phi) is 3.43. The highest BCUT2D eigenvalue weighted by Crippen LogP contribution is 2.30. The van der Waals surface area contributed by atoms with E-state index in [9.17, 15) is 0 Å². The monoisotopic (exact) mass is 222 g/mol. The number of rotatable bonds is 3. The first-order valence-electron chi connectivity index (χ1n) is 5.99. The van der Waals surface area contributed by atoms with E-state index in [0.717, 1.165) is 6.42 Å².